The van der Waals surface area contributed by atoms with Crippen LogP contribution in [0.4, 0.5) is 0 Å². The second-order valence-electron chi connectivity index (χ2n) is 10.6. The molecule has 5 rings (SSSR count). The lowest BCUT2D eigenvalue weighted by atomic mass is 9.92. The lowest BCUT2D eigenvalue weighted by Crippen LogP contribution is -2.50. The first-order valence-corrected chi connectivity index (χ1v) is 14.8. The third kappa shape index (κ3) is 6.38. The smallest absolute Gasteiger partial charge is 0.260 e. The minimum atomic E-state index is -0.0341. The van der Waals surface area contributed by atoms with Gasteiger partial charge in [0.2, 0.25) is 0 Å². The first-order valence-electron chi connectivity index (χ1n) is 13.9. The van der Waals surface area contributed by atoms with Crippen LogP contribution in [0.15, 0.2) is 65.1 Å². The van der Waals surface area contributed by atoms with Gasteiger partial charge in [0.15, 0.2) is 0 Å². The summed E-state index contributed by atoms with van der Waals surface area (Å²) < 4.78 is 0. The van der Waals surface area contributed by atoms with Crippen LogP contribution in [0.1, 0.15) is 84.8 Å². The Bertz CT molecular complexity index is 1180. The van der Waals surface area contributed by atoms with Crippen molar-refractivity contribution >= 4 is 29.7 Å². The molecule has 2 fully saturated rings. The predicted molar refractivity (Wildman–Crippen MR) is 153 cm³/mol. The molecule has 1 saturated carbocycles. The monoisotopic (exact) mass is 514 g/mol. The highest BCUT2D eigenvalue weighted by Gasteiger charge is 2.40. The van der Waals surface area contributed by atoms with Crippen LogP contribution in [0.3, 0.4) is 0 Å². The molecular weight excluding hydrogens is 476 g/mol. The van der Waals surface area contributed by atoms with E-state index in [1.807, 2.05) is 30.3 Å². The van der Waals surface area contributed by atoms with Crippen molar-refractivity contribution < 1.29 is 9.59 Å². The number of hydrogen-bond acceptors (Lipinski definition) is 3. The molecule has 5 heteroatoms. The number of allylic oxidation sites excluding steroid dienone is 1. The quantitative estimate of drug-likeness (QED) is 0.318. The maximum Gasteiger partial charge on any atom is 0.260 e. The van der Waals surface area contributed by atoms with Gasteiger partial charge in [0, 0.05) is 29.9 Å². The molecule has 37 heavy (non-hydrogen) atoms. The Morgan fingerprint density at radius 3 is 2.65 bits per heavy atom. The van der Waals surface area contributed by atoms with Crippen LogP contribution in [-0.2, 0) is 11.3 Å². The van der Waals surface area contributed by atoms with Gasteiger partial charge in [-0.05, 0) is 86.8 Å². The summed E-state index contributed by atoms with van der Waals surface area (Å²) in [7, 11) is 0. The summed E-state index contributed by atoms with van der Waals surface area (Å²) in [5, 5.41) is 3.51. The number of nitrogens with zero attached hydrogens (tertiary/aromatic N) is 1. The average Bonchev–Trinajstić information content (AvgIpc) is 2.93. The molecule has 194 valence electrons. The Kier molecular flexibility index (Phi) is 8.50. The summed E-state index contributed by atoms with van der Waals surface area (Å²) >= 11 is 1.76. The fourth-order valence-electron chi connectivity index (χ4n) is 5.79. The number of hydrogen-bond donors (Lipinski definition) is 1. The van der Waals surface area contributed by atoms with Gasteiger partial charge in [0.1, 0.15) is 0 Å². The van der Waals surface area contributed by atoms with Gasteiger partial charge in [-0.25, -0.2) is 0 Å². The lowest BCUT2D eigenvalue weighted by Gasteiger charge is -2.44. The van der Waals surface area contributed by atoms with Gasteiger partial charge in [0.05, 0.1) is 4.91 Å². The van der Waals surface area contributed by atoms with E-state index < -0.39 is 0 Å². The first-order chi connectivity index (χ1) is 18.1. The van der Waals surface area contributed by atoms with E-state index in [0.29, 0.717) is 29.9 Å². The van der Waals surface area contributed by atoms with Gasteiger partial charge in [-0.1, -0.05) is 60.9 Å². The van der Waals surface area contributed by atoms with Crippen LogP contribution in [0.25, 0.3) is 6.08 Å². The first kappa shape index (κ1) is 25.8. The molecule has 1 aliphatic heterocycles. The summed E-state index contributed by atoms with van der Waals surface area (Å²) in [6, 6.07) is 16.3. The molecule has 0 spiro atoms. The highest BCUT2D eigenvalue weighted by Crippen LogP contribution is 2.42. The minimum Gasteiger partial charge on any atom is -0.352 e. The Labute approximate surface area is 225 Å². The lowest BCUT2D eigenvalue weighted by molar-refractivity contribution is -0.130. The van der Waals surface area contributed by atoms with Gasteiger partial charge in [-0.15, -0.1) is 11.8 Å². The van der Waals surface area contributed by atoms with Crippen molar-refractivity contribution in [3.63, 3.8) is 0 Å². The van der Waals surface area contributed by atoms with E-state index in [2.05, 4.69) is 47.5 Å². The number of carbonyl (C=O) groups is 2. The molecule has 2 atom stereocenters. The summed E-state index contributed by atoms with van der Waals surface area (Å²) in [6.07, 6.45) is 14.8. The number of benzene rings is 2. The van der Waals surface area contributed by atoms with Crippen molar-refractivity contribution in [2.24, 2.45) is 0 Å². The molecule has 0 aromatic heterocycles. The molecular formula is C32H38N2O2S. The third-order valence-electron chi connectivity index (χ3n) is 8.01. The topological polar surface area (TPSA) is 49.4 Å². The van der Waals surface area contributed by atoms with Crippen molar-refractivity contribution in [3.8, 4) is 0 Å². The molecule has 2 amide bonds. The maximum atomic E-state index is 13.7. The van der Waals surface area contributed by atoms with Crippen LogP contribution in [0.2, 0.25) is 0 Å². The zero-order valence-electron chi connectivity index (χ0n) is 21.9. The van der Waals surface area contributed by atoms with E-state index in [1.165, 1.54) is 55.2 Å². The van der Waals surface area contributed by atoms with Gasteiger partial charge in [0.25, 0.3) is 11.8 Å². The molecule has 1 saturated heterocycles. The number of fused-ring (bicyclic) bond motifs is 1. The molecule has 0 radical (unpaired) electrons. The van der Waals surface area contributed by atoms with Gasteiger partial charge >= 0.3 is 0 Å². The van der Waals surface area contributed by atoms with Crippen molar-refractivity contribution in [2.75, 3.05) is 6.54 Å². The van der Waals surface area contributed by atoms with E-state index in [1.54, 1.807) is 11.8 Å². The van der Waals surface area contributed by atoms with Crippen LogP contribution in [0, 0.1) is 6.92 Å². The molecule has 2 aliphatic carbocycles. The van der Waals surface area contributed by atoms with E-state index in [0.717, 1.165) is 29.7 Å². The van der Waals surface area contributed by atoms with Crippen molar-refractivity contribution in [2.45, 2.75) is 82.5 Å². The molecule has 1 heterocycles. The van der Waals surface area contributed by atoms with Gasteiger partial charge < -0.3 is 10.2 Å². The highest BCUT2D eigenvalue weighted by molar-refractivity contribution is 8.04. The molecule has 2 aromatic rings. The highest BCUT2D eigenvalue weighted by atomic mass is 32.2. The number of amides is 2. The molecule has 1 N–H and O–H groups in total. The second-order valence-corrected chi connectivity index (χ2v) is 11.9. The second kappa shape index (κ2) is 12.2. The third-order valence-corrected chi connectivity index (χ3v) is 9.41. The maximum absolute atomic E-state index is 13.7. The van der Waals surface area contributed by atoms with Crippen LogP contribution >= 0.6 is 11.8 Å². The van der Waals surface area contributed by atoms with Crippen molar-refractivity contribution in [1.29, 1.82) is 0 Å². The van der Waals surface area contributed by atoms with E-state index in [4.69, 9.17) is 0 Å². The molecule has 3 aliphatic rings. The molecule has 2 unspecified atom stereocenters. The van der Waals surface area contributed by atoms with E-state index in [-0.39, 0.29) is 11.8 Å². The average molecular weight is 515 g/mol. The fraction of sp³-hybridized carbons (Fsp3) is 0.438. The Morgan fingerprint density at radius 1 is 1.05 bits per heavy atom. The van der Waals surface area contributed by atoms with E-state index >= 15 is 0 Å². The predicted octanol–water partition coefficient (Wildman–Crippen LogP) is 7.04. The van der Waals surface area contributed by atoms with Crippen LogP contribution in [-0.4, -0.2) is 34.6 Å². The SMILES string of the molecule is Cc1ccccc1CN1C(=O)/C(=C\c2ccc(C(=O)NCCC3=CCCCC3)cc2)SC2CCCCC21. The standard InChI is InChI=1S/C32H38N2O2S/c1-23-9-5-6-12-27(23)22-34-28-13-7-8-14-29(28)37-30(32(34)36)21-25-15-17-26(18-16-25)31(35)33-20-19-24-10-3-2-4-11-24/h5-6,9-10,12,15-18,21,28-29H,2-4,7-8,11,13-14,19-20,22H2,1H3,(H,33,35)/b30-21+. The van der Waals surface area contributed by atoms with Crippen LogP contribution < -0.4 is 5.32 Å². The number of thioether (sulfide) groups is 1. The van der Waals surface area contributed by atoms with Crippen molar-refractivity contribution in [3.05, 3.63) is 87.3 Å². The number of aryl methyl sites for hydroxylation is 1. The molecule has 2 aromatic carbocycles. The Morgan fingerprint density at radius 2 is 1.86 bits per heavy atom. The van der Waals surface area contributed by atoms with Gasteiger partial charge in [-0.2, -0.15) is 0 Å². The molecule has 4 nitrogen and oxygen atoms in total. The summed E-state index contributed by atoms with van der Waals surface area (Å²) in [4.78, 5) is 29.3. The van der Waals surface area contributed by atoms with Crippen molar-refractivity contribution in [1.82, 2.24) is 10.2 Å². The summed E-state index contributed by atoms with van der Waals surface area (Å²) in [5.74, 6) is 0.100. The van der Waals surface area contributed by atoms with E-state index in [9.17, 15) is 9.59 Å². The summed E-state index contributed by atoms with van der Waals surface area (Å²) in [5.41, 5.74) is 5.55. The zero-order valence-corrected chi connectivity index (χ0v) is 22.7. The number of rotatable bonds is 7. The normalized spacial score (nSPS) is 22.9. The minimum absolute atomic E-state index is 0.0341. The van der Waals surface area contributed by atoms with Crippen LogP contribution in [0.5, 0.6) is 0 Å². The molecule has 0 bridgehead atoms. The fourth-order valence-corrected chi connectivity index (χ4v) is 7.26. The summed E-state index contributed by atoms with van der Waals surface area (Å²) in [6.45, 7) is 3.47. The number of carbonyl (C=O) groups excluding carboxylic acids is 2. The Balaban J connectivity index is 1.26. The number of nitrogens with one attached hydrogen (secondary N) is 1. The zero-order chi connectivity index (χ0) is 25.6. The largest absolute Gasteiger partial charge is 0.352 e. The Hall–Kier alpha value is -2.79. The van der Waals surface area contributed by atoms with Gasteiger partial charge in [-0.3, -0.25) is 9.59 Å².